The zero-order chi connectivity index (χ0) is 21.0. The predicted octanol–water partition coefficient (Wildman–Crippen LogP) is 5.14. The highest BCUT2D eigenvalue weighted by atomic mass is 32.2. The lowest BCUT2D eigenvalue weighted by Crippen LogP contribution is -2.41. The Bertz CT molecular complexity index is 592. The van der Waals surface area contributed by atoms with E-state index >= 15 is 0 Å². The van der Waals surface area contributed by atoms with Crippen LogP contribution in [0.3, 0.4) is 0 Å². The molecule has 1 aromatic rings. The average molecular weight is 394 g/mol. The van der Waals surface area contributed by atoms with Crippen molar-refractivity contribution in [2.45, 2.75) is 97.2 Å². The molecule has 154 valence electrons. The van der Waals surface area contributed by atoms with Gasteiger partial charge in [-0.25, -0.2) is 0 Å². The van der Waals surface area contributed by atoms with Crippen molar-refractivity contribution in [2.75, 3.05) is 6.26 Å². The van der Waals surface area contributed by atoms with Gasteiger partial charge < -0.3 is 14.4 Å². The van der Waals surface area contributed by atoms with Gasteiger partial charge >= 0.3 is 7.12 Å². The molecule has 3 rings (SSSR count). The van der Waals surface area contributed by atoms with E-state index in [9.17, 15) is 5.11 Å². The Kier molecular flexibility index (Phi) is 8.49. The minimum atomic E-state index is -0.336. The van der Waals surface area contributed by atoms with Gasteiger partial charge in [-0.2, -0.15) is 11.8 Å². The number of aliphatic hydroxyl groups is 1. The second-order valence-corrected chi connectivity index (χ2v) is 10.5. The number of benzene rings is 1. The van der Waals surface area contributed by atoms with Gasteiger partial charge in [0.25, 0.3) is 0 Å². The Hall–Kier alpha value is -0.485. The highest BCUT2D eigenvalue weighted by Crippen LogP contribution is 2.38. The SMILES string of the molecule is CC.CC1(C)OB(c2cccc3c2CCC3O)OC1(C)C.CSC(C)(C)C. The minimum absolute atomic E-state index is 0.322. The summed E-state index contributed by atoms with van der Waals surface area (Å²) in [6, 6.07) is 6.04. The maximum absolute atomic E-state index is 9.97. The third-order valence-electron chi connectivity index (χ3n) is 5.39. The summed E-state index contributed by atoms with van der Waals surface area (Å²) >= 11 is 1.88. The highest BCUT2D eigenvalue weighted by molar-refractivity contribution is 7.99. The van der Waals surface area contributed by atoms with Crippen LogP contribution in [0.4, 0.5) is 0 Å². The van der Waals surface area contributed by atoms with Gasteiger partial charge in [0.2, 0.25) is 0 Å². The molecule has 1 atom stereocenters. The van der Waals surface area contributed by atoms with E-state index in [-0.39, 0.29) is 24.4 Å². The number of aliphatic hydroxyl groups excluding tert-OH is 1. The fourth-order valence-corrected chi connectivity index (χ4v) is 2.85. The lowest BCUT2D eigenvalue weighted by molar-refractivity contribution is 0.00578. The third-order valence-corrected chi connectivity index (χ3v) is 6.62. The summed E-state index contributed by atoms with van der Waals surface area (Å²) in [5.41, 5.74) is 2.67. The average Bonchev–Trinajstić information content (AvgIpc) is 3.06. The van der Waals surface area contributed by atoms with E-state index in [4.69, 9.17) is 9.31 Å². The predicted molar refractivity (Wildman–Crippen MR) is 120 cm³/mol. The standard InChI is InChI=1S/C15H21BO3.C5H12S.C2H6/c1-14(2)15(3,4)19-16(18-14)12-7-5-6-11-10(12)8-9-13(11)17;1-5(2,3)6-4;1-2/h5-7,13,17H,8-9H2,1-4H3;1-4H3;1-2H3. The molecule has 0 amide bonds. The number of hydrogen-bond acceptors (Lipinski definition) is 4. The van der Waals surface area contributed by atoms with Crippen molar-refractivity contribution in [3.63, 3.8) is 0 Å². The maximum Gasteiger partial charge on any atom is 0.495 e. The van der Waals surface area contributed by atoms with Crippen molar-refractivity contribution in [1.29, 1.82) is 0 Å². The van der Waals surface area contributed by atoms with Gasteiger partial charge in [0.15, 0.2) is 0 Å². The van der Waals surface area contributed by atoms with E-state index in [0.29, 0.717) is 4.75 Å². The first kappa shape index (κ1) is 24.6. The monoisotopic (exact) mass is 394 g/mol. The van der Waals surface area contributed by atoms with Crippen LogP contribution in [0, 0.1) is 0 Å². The Morgan fingerprint density at radius 1 is 1.07 bits per heavy atom. The molecule has 1 unspecified atom stereocenters. The summed E-state index contributed by atoms with van der Waals surface area (Å²) in [5.74, 6) is 0. The lowest BCUT2D eigenvalue weighted by Gasteiger charge is -2.32. The third kappa shape index (κ3) is 5.99. The quantitative estimate of drug-likeness (QED) is 0.670. The Labute approximate surface area is 171 Å². The fourth-order valence-electron chi connectivity index (χ4n) is 2.85. The van der Waals surface area contributed by atoms with Gasteiger partial charge in [-0.3, -0.25) is 0 Å². The van der Waals surface area contributed by atoms with Crippen LogP contribution in [0.5, 0.6) is 0 Å². The molecule has 3 nitrogen and oxygen atoms in total. The molecule has 0 aromatic heterocycles. The first-order chi connectivity index (χ1) is 12.4. The van der Waals surface area contributed by atoms with Crippen molar-refractivity contribution in [3.05, 3.63) is 29.3 Å². The molecule has 1 aliphatic heterocycles. The van der Waals surface area contributed by atoms with Gasteiger partial charge in [0.05, 0.1) is 17.3 Å². The van der Waals surface area contributed by atoms with Gasteiger partial charge in [0, 0.05) is 4.75 Å². The molecule has 5 heteroatoms. The second-order valence-electron chi connectivity index (χ2n) is 8.87. The molecule has 1 aliphatic carbocycles. The van der Waals surface area contributed by atoms with Crippen molar-refractivity contribution >= 4 is 24.3 Å². The Morgan fingerprint density at radius 2 is 1.56 bits per heavy atom. The van der Waals surface area contributed by atoms with E-state index in [2.05, 4.69) is 60.8 Å². The van der Waals surface area contributed by atoms with E-state index in [0.717, 1.165) is 23.9 Å². The molecule has 1 fully saturated rings. The Morgan fingerprint density at radius 3 is 2.00 bits per heavy atom. The normalized spacial score (nSPS) is 22.3. The van der Waals surface area contributed by atoms with Crippen LogP contribution in [0.15, 0.2) is 18.2 Å². The molecule has 0 bridgehead atoms. The van der Waals surface area contributed by atoms with Crippen LogP contribution < -0.4 is 5.46 Å². The Balaban J connectivity index is 0.000000392. The molecule has 1 aromatic carbocycles. The molecule has 1 saturated heterocycles. The fraction of sp³-hybridized carbons (Fsp3) is 0.727. The summed E-state index contributed by atoms with van der Waals surface area (Å²) in [7, 11) is -0.328. The molecule has 0 spiro atoms. The van der Waals surface area contributed by atoms with Crippen LogP contribution in [0.25, 0.3) is 0 Å². The summed E-state index contributed by atoms with van der Waals surface area (Å²) in [4.78, 5) is 0. The molecule has 2 aliphatic rings. The summed E-state index contributed by atoms with van der Waals surface area (Å²) in [5, 5.41) is 9.97. The van der Waals surface area contributed by atoms with Crippen LogP contribution in [0.2, 0.25) is 0 Å². The van der Waals surface area contributed by atoms with E-state index in [1.165, 1.54) is 5.56 Å². The minimum Gasteiger partial charge on any atom is -0.399 e. The highest BCUT2D eigenvalue weighted by Gasteiger charge is 2.52. The van der Waals surface area contributed by atoms with Crippen LogP contribution in [0.1, 0.15) is 86.0 Å². The number of fused-ring (bicyclic) bond motifs is 1. The largest absolute Gasteiger partial charge is 0.495 e. The van der Waals surface area contributed by atoms with Crippen molar-refractivity contribution in [1.82, 2.24) is 0 Å². The van der Waals surface area contributed by atoms with E-state index in [1.54, 1.807) is 0 Å². The van der Waals surface area contributed by atoms with Crippen LogP contribution in [-0.4, -0.2) is 34.4 Å². The molecule has 1 N–H and O–H groups in total. The first-order valence-corrected chi connectivity index (χ1v) is 11.3. The molecule has 0 saturated carbocycles. The van der Waals surface area contributed by atoms with Gasteiger partial charge in [-0.1, -0.05) is 52.8 Å². The summed E-state index contributed by atoms with van der Waals surface area (Å²) in [6.07, 6.45) is 3.49. The van der Waals surface area contributed by atoms with E-state index < -0.39 is 0 Å². The lowest BCUT2D eigenvalue weighted by atomic mass is 9.75. The van der Waals surface area contributed by atoms with Crippen molar-refractivity contribution < 1.29 is 14.4 Å². The van der Waals surface area contributed by atoms with Crippen molar-refractivity contribution in [2.24, 2.45) is 0 Å². The molecule has 1 heterocycles. The molecule has 0 radical (unpaired) electrons. The second kappa shape index (κ2) is 9.34. The first-order valence-electron chi connectivity index (χ1n) is 10.1. The topological polar surface area (TPSA) is 38.7 Å². The number of rotatable bonds is 1. The zero-order valence-corrected chi connectivity index (χ0v) is 19.8. The van der Waals surface area contributed by atoms with Crippen LogP contribution >= 0.6 is 11.8 Å². The molecule has 27 heavy (non-hydrogen) atoms. The number of hydrogen-bond donors (Lipinski definition) is 1. The molecular weight excluding hydrogens is 355 g/mol. The van der Waals surface area contributed by atoms with Gasteiger partial charge in [-0.05, 0) is 63.4 Å². The zero-order valence-electron chi connectivity index (χ0n) is 19.0. The van der Waals surface area contributed by atoms with Crippen LogP contribution in [-0.2, 0) is 15.7 Å². The molecular formula is C22H39BO3S. The number of thioether (sulfide) groups is 1. The van der Waals surface area contributed by atoms with Gasteiger partial charge in [0.1, 0.15) is 0 Å². The van der Waals surface area contributed by atoms with Gasteiger partial charge in [-0.15, -0.1) is 0 Å². The maximum atomic E-state index is 9.97. The summed E-state index contributed by atoms with van der Waals surface area (Å²) in [6.45, 7) is 18.9. The van der Waals surface area contributed by atoms with E-state index in [1.807, 2.05) is 37.7 Å². The van der Waals surface area contributed by atoms with Crippen molar-refractivity contribution in [3.8, 4) is 0 Å². The smallest absolute Gasteiger partial charge is 0.399 e. The summed E-state index contributed by atoms with van der Waals surface area (Å²) < 4.78 is 12.7.